The number of aliphatic hydroxyl groups is 2. The number of carbonyl (C=O) groups excluding carboxylic acids is 1. The second kappa shape index (κ2) is 5.84. The monoisotopic (exact) mass is 251 g/mol. The van der Waals surface area contributed by atoms with Gasteiger partial charge in [0, 0.05) is 19.0 Å². The standard InChI is InChI=1S/C13H17NO4/c15-8-12(16)11-6-14(7-11)13(17)18-9-10-4-2-1-3-5-10/h1-5,11-12,15-16H,6-9H2. The Balaban J connectivity index is 1.71. The van der Waals surface area contributed by atoms with Crippen LogP contribution in [0.4, 0.5) is 4.79 Å². The van der Waals surface area contributed by atoms with Gasteiger partial charge >= 0.3 is 6.09 Å². The van der Waals surface area contributed by atoms with Gasteiger partial charge in [-0.05, 0) is 5.56 Å². The molecule has 2 N–H and O–H groups in total. The van der Waals surface area contributed by atoms with E-state index in [9.17, 15) is 9.90 Å². The Morgan fingerprint density at radius 1 is 1.39 bits per heavy atom. The predicted octanol–water partition coefficient (Wildman–Crippen LogP) is 0.608. The van der Waals surface area contributed by atoms with Gasteiger partial charge in [-0.2, -0.15) is 0 Å². The van der Waals surface area contributed by atoms with Crippen molar-refractivity contribution >= 4 is 6.09 Å². The second-order valence-corrected chi connectivity index (χ2v) is 4.46. The van der Waals surface area contributed by atoms with Crippen molar-refractivity contribution in [1.29, 1.82) is 0 Å². The Hall–Kier alpha value is -1.59. The Morgan fingerprint density at radius 2 is 2.06 bits per heavy atom. The summed E-state index contributed by atoms with van der Waals surface area (Å²) in [6.45, 7) is 0.867. The molecule has 0 aliphatic carbocycles. The van der Waals surface area contributed by atoms with Crippen LogP contribution in [-0.2, 0) is 11.3 Å². The van der Waals surface area contributed by atoms with Crippen molar-refractivity contribution < 1.29 is 19.7 Å². The molecule has 1 unspecified atom stereocenters. The van der Waals surface area contributed by atoms with E-state index in [-0.39, 0.29) is 25.2 Å². The zero-order valence-electron chi connectivity index (χ0n) is 10.0. The minimum atomic E-state index is -0.747. The Kier molecular flexibility index (Phi) is 4.17. The predicted molar refractivity (Wildman–Crippen MR) is 64.8 cm³/mol. The average molecular weight is 251 g/mol. The van der Waals surface area contributed by atoms with Crippen molar-refractivity contribution in [2.75, 3.05) is 19.7 Å². The Morgan fingerprint density at radius 3 is 2.67 bits per heavy atom. The number of rotatable bonds is 4. The van der Waals surface area contributed by atoms with Crippen molar-refractivity contribution in [3.05, 3.63) is 35.9 Å². The van der Waals surface area contributed by atoms with E-state index >= 15 is 0 Å². The maximum absolute atomic E-state index is 11.6. The molecule has 1 atom stereocenters. The summed E-state index contributed by atoms with van der Waals surface area (Å²) in [5.74, 6) is -0.0423. The van der Waals surface area contributed by atoms with Crippen LogP contribution in [0.3, 0.4) is 0 Å². The third-order valence-electron chi connectivity index (χ3n) is 3.10. The van der Waals surface area contributed by atoms with Crippen LogP contribution in [0.5, 0.6) is 0 Å². The maximum atomic E-state index is 11.6. The third-order valence-corrected chi connectivity index (χ3v) is 3.10. The van der Waals surface area contributed by atoms with Crippen LogP contribution in [0.15, 0.2) is 30.3 Å². The molecule has 1 aliphatic heterocycles. The molecule has 1 fully saturated rings. The Bertz CT molecular complexity index is 389. The molecule has 1 amide bonds. The lowest BCUT2D eigenvalue weighted by molar-refractivity contribution is -0.0293. The molecule has 0 spiro atoms. The van der Waals surface area contributed by atoms with E-state index in [1.807, 2.05) is 30.3 Å². The number of amides is 1. The van der Waals surface area contributed by atoms with Crippen molar-refractivity contribution in [3.63, 3.8) is 0 Å². The van der Waals surface area contributed by atoms with Gasteiger partial charge in [-0.25, -0.2) is 4.79 Å². The molecule has 1 aromatic carbocycles. The van der Waals surface area contributed by atoms with Gasteiger partial charge in [-0.3, -0.25) is 0 Å². The summed E-state index contributed by atoms with van der Waals surface area (Å²) >= 11 is 0. The number of carbonyl (C=O) groups is 1. The summed E-state index contributed by atoms with van der Waals surface area (Å²) in [7, 11) is 0. The molecule has 2 rings (SSSR count). The van der Waals surface area contributed by atoms with Gasteiger partial charge in [0.05, 0.1) is 12.7 Å². The number of aliphatic hydroxyl groups excluding tert-OH is 2. The smallest absolute Gasteiger partial charge is 0.410 e. The molecule has 18 heavy (non-hydrogen) atoms. The van der Waals surface area contributed by atoms with Crippen LogP contribution in [0.25, 0.3) is 0 Å². The van der Waals surface area contributed by atoms with Crippen LogP contribution in [0.1, 0.15) is 5.56 Å². The number of nitrogens with zero attached hydrogens (tertiary/aromatic N) is 1. The van der Waals surface area contributed by atoms with Crippen molar-refractivity contribution in [2.24, 2.45) is 5.92 Å². The molecule has 1 aliphatic rings. The Labute approximate surface area is 106 Å². The first kappa shape index (κ1) is 12.9. The molecule has 98 valence electrons. The molecular formula is C13H17NO4. The van der Waals surface area contributed by atoms with E-state index in [1.54, 1.807) is 0 Å². The van der Waals surface area contributed by atoms with Crippen molar-refractivity contribution in [2.45, 2.75) is 12.7 Å². The van der Waals surface area contributed by atoms with E-state index in [4.69, 9.17) is 9.84 Å². The van der Waals surface area contributed by atoms with E-state index in [0.29, 0.717) is 13.1 Å². The zero-order chi connectivity index (χ0) is 13.0. The molecule has 1 heterocycles. The topological polar surface area (TPSA) is 70.0 Å². The summed E-state index contributed by atoms with van der Waals surface area (Å²) in [6, 6.07) is 9.46. The lowest BCUT2D eigenvalue weighted by Gasteiger charge is -2.40. The average Bonchev–Trinajstić information content (AvgIpc) is 2.35. The van der Waals surface area contributed by atoms with Gasteiger partial charge in [0.15, 0.2) is 0 Å². The fourth-order valence-corrected chi connectivity index (χ4v) is 1.86. The van der Waals surface area contributed by atoms with E-state index in [1.165, 1.54) is 4.90 Å². The van der Waals surface area contributed by atoms with Crippen LogP contribution in [-0.4, -0.2) is 47.0 Å². The van der Waals surface area contributed by atoms with Crippen LogP contribution in [0.2, 0.25) is 0 Å². The number of hydrogen-bond donors (Lipinski definition) is 2. The van der Waals surface area contributed by atoms with Gasteiger partial charge in [-0.15, -0.1) is 0 Å². The maximum Gasteiger partial charge on any atom is 0.410 e. The van der Waals surface area contributed by atoms with Gasteiger partial charge in [0.2, 0.25) is 0 Å². The van der Waals surface area contributed by atoms with Gasteiger partial charge in [0.1, 0.15) is 6.61 Å². The van der Waals surface area contributed by atoms with Crippen molar-refractivity contribution in [3.8, 4) is 0 Å². The summed E-state index contributed by atoms with van der Waals surface area (Å²) in [5.41, 5.74) is 0.943. The third kappa shape index (κ3) is 3.00. The van der Waals surface area contributed by atoms with Gasteiger partial charge < -0.3 is 19.8 Å². The zero-order valence-corrected chi connectivity index (χ0v) is 10.0. The molecule has 0 bridgehead atoms. The van der Waals surface area contributed by atoms with Gasteiger partial charge in [0.25, 0.3) is 0 Å². The lowest BCUT2D eigenvalue weighted by Crippen LogP contribution is -2.55. The quantitative estimate of drug-likeness (QED) is 0.822. The van der Waals surface area contributed by atoms with E-state index in [0.717, 1.165) is 5.56 Å². The second-order valence-electron chi connectivity index (χ2n) is 4.46. The fourth-order valence-electron chi connectivity index (χ4n) is 1.86. The van der Waals surface area contributed by atoms with Gasteiger partial charge in [-0.1, -0.05) is 30.3 Å². The first-order valence-electron chi connectivity index (χ1n) is 5.95. The number of benzene rings is 1. The fraction of sp³-hybridized carbons (Fsp3) is 0.462. The van der Waals surface area contributed by atoms with Crippen LogP contribution < -0.4 is 0 Å². The largest absolute Gasteiger partial charge is 0.445 e. The summed E-state index contributed by atoms with van der Waals surface area (Å²) in [4.78, 5) is 13.1. The first-order valence-corrected chi connectivity index (χ1v) is 5.95. The highest BCUT2D eigenvalue weighted by Gasteiger charge is 2.35. The minimum absolute atomic E-state index is 0.0423. The summed E-state index contributed by atoms with van der Waals surface area (Å²) in [5, 5.41) is 18.1. The normalized spacial score (nSPS) is 17.1. The number of hydrogen-bond acceptors (Lipinski definition) is 4. The SMILES string of the molecule is O=C(OCc1ccccc1)N1CC(C(O)CO)C1. The molecule has 1 saturated heterocycles. The summed E-state index contributed by atoms with van der Waals surface area (Å²) < 4.78 is 5.14. The molecular weight excluding hydrogens is 234 g/mol. The molecule has 5 heteroatoms. The molecule has 1 aromatic rings. The highest BCUT2D eigenvalue weighted by atomic mass is 16.6. The highest BCUT2D eigenvalue weighted by Crippen LogP contribution is 2.20. The van der Waals surface area contributed by atoms with Crippen LogP contribution in [0, 0.1) is 5.92 Å². The number of likely N-dealkylation sites (tertiary alicyclic amines) is 1. The van der Waals surface area contributed by atoms with Crippen molar-refractivity contribution in [1.82, 2.24) is 4.90 Å². The highest BCUT2D eigenvalue weighted by molar-refractivity contribution is 5.68. The molecule has 0 aromatic heterocycles. The first-order chi connectivity index (χ1) is 8.70. The lowest BCUT2D eigenvalue weighted by atomic mass is 9.95. The minimum Gasteiger partial charge on any atom is -0.445 e. The summed E-state index contributed by atoms with van der Waals surface area (Å²) in [6.07, 6.45) is -1.12. The molecule has 0 radical (unpaired) electrons. The van der Waals surface area contributed by atoms with Crippen LogP contribution >= 0.6 is 0 Å². The van der Waals surface area contributed by atoms with E-state index < -0.39 is 6.10 Å². The number of ether oxygens (including phenoxy) is 1. The molecule has 5 nitrogen and oxygen atoms in total. The van der Waals surface area contributed by atoms with E-state index in [2.05, 4.69) is 0 Å². The molecule has 0 saturated carbocycles.